The van der Waals surface area contributed by atoms with E-state index in [-0.39, 0.29) is 12.3 Å². The first-order valence-corrected chi connectivity index (χ1v) is 9.94. The molecule has 152 valence electrons. The van der Waals surface area contributed by atoms with E-state index in [9.17, 15) is 8.78 Å². The predicted molar refractivity (Wildman–Crippen MR) is 106 cm³/mol. The van der Waals surface area contributed by atoms with Gasteiger partial charge in [-0.25, -0.2) is 4.99 Å². The van der Waals surface area contributed by atoms with Crippen molar-refractivity contribution in [3.8, 4) is 5.75 Å². The van der Waals surface area contributed by atoms with E-state index in [0.717, 1.165) is 32.5 Å². The Morgan fingerprint density at radius 2 is 2.04 bits per heavy atom. The summed E-state index contributed by atoms with van der Waals surface area (Å²) in [6.07, 6.45) is 4.83. The summed E-state index contributed by atoms with van der Waals surface area (Å²) in [5.74, 6) is 0.751. The van der Waals surface area contributed by atoms with E-state index >= 15 is 0 Å². The molecule has 0 saturated carbocycles. The number of hydrogen-bond acceptors (Lipinski definition) is 3. The Morgan fingerprint density at radius 3 is 2.74 bits per heavy atom. The van der Waals surface area contributed by atoms with Crippen LogP contribution in [0.5, 0.6) is 5.75 Å². The maximum Gasteiger partial charge on any atom is 0.387 e. The molecule has 8 heteroatoms. The van der Waals surface area contributed by atoms with Gasteiger partial charge in [0.1, 0.15) is 5.75 Å². The molecule has 0 aromatic heterocycles. The van der Waals surface area contributed by atoms with Gasteiger partial charge in [-0.2, -0.15) is 8.78 Å². The van der Waals surface area contributed by atoms with Crippen LogP contribution in [0, 0.1) is 0 Å². The van der Waals surface area contributed by atoms with Crippen LogP contribution in [0.25, 0.3) is 0 Å². The minimum absolute atomic E-state index is 0.0969. The highest BCUT2D eigenvalue weighted by Crippen LogP contribution is 2.25. The first kappa shape index (κ1) is 21.7. The number of hydrogen-bond donors (Lipinski definition) is 2. The van der Waals surface area contributed by atoms with Crippen LogP contribution < -0.4 is 15.4 Å². The first-order chi connectivity index (χ1) is 13.1. The molecule has 0 bridgehead atoms. The molecule has 0 spiro atoms. The molecule has 5 nitrogen and oxygen atoms in total. The molecule has 0 amide bonds. The quantitative estimate of drug-likeness (QED) is 0.354. The molecule has 1 saturated heterocycles. The summed E-state index contributed by atoms with van der Waals surface area (Å²) in [5.41, 5.74) is 0.522. The fourth-order valence-corrected chi connectivity index (χ4v) is 3.26. The zero-order chi connectivity index (χ0) is 19.5. The zero-order valence-electron chi connectivity index (χ0n) is 15.8. The summed E-state index contributed by atoms with van der Waals surface area (Å²) in [6.45, 7) is 4.43. The van der Waals surface area contributed by atoms with Crippen molar-refractivity contribution >= 4 is 17.6 Å². The van der Waals surface area contributed by atoms with Crippen molar-refractivity contribution in [2.75, 3.05) is 32.7 Å². The van der Waals surface area contributed by atoms with Crippen molar-refractivity contribution < 1.29 is 13.5 Å². The smallest absolute Gasteiger partial charge is 0.387 e. The number of unbranched alkanes of at least 4 members (excludes halogenated alkanes) is 1. The maximum atomic E-state index is 12.6. The molecule has 0 atom stereocenters. The highest BCUT2D eigenvalue weighted by atomic mass is 35.5. The molecule has 0 radical (unpaired) electrons. The molecular weight excluding hydrogens is 374 g/mol. The van der Waals surface area contributed by atoms with Crippen molar-refractivity contribution in [1.82, 2.24) is 15.5 Å². The number of rotatable bonds is 10. The highest BCUT2D eigenvalue weighted by molar-refractivity contribution is 6.30. The fraction of sp³-hybridized carbons (Fsp3) is 0.632. The monoisotopic (exact) mass is 402 g/mol. The molecule has 1 aliphatic rings. The van der Waals surface area contributed by atoms with Gasteiger partial charge in [0.15, 0.2) is 5.96 Å². The highest BCUT2D eigenvalue weighted by Gasteiger charge is 2.11. The van der Waals surface area contributed by atoms with Gasteiger partial charge in [0.25, 0.3) is 0 Å². The van der Waals surface area contributed by atoms with E-state index in [1.54, 1.807) is 6.07 Å². The van der Waals surface area contributed by atoms with Crippen LogP contribution in [0.2, 0.25) is 5.02 Å². The molecule has 2 rings (SSSR count). The van der Waals surface area contributed by atoms with Gasteiger partial charge in [0, 0.05) is 23.7 Å². The van der Waals surface area contributed by atoms with Crippen LogP contribution >= 0.6 is 11.6 Å². The van der Waals surface area contributed by atoms with Gasteiger partial charge in [-0.15, -0.1) is 0 Å². The summed E-state index contributed by atoms with van der Waals surface area (Å²) >= 11 is 5.98. The van der Waals surface area contributed by atoms with Crippen LogP contribution in [-0.2, 0) is 6.54 Å². The van der Waals surface area contributed by atoms with Crippen molar-refractivity contribution in [2.45, 2.75) is 45.8 Å². The first-order valence-electron chi connectivity index (χ1n) is 9.56. The van der Waals surface area contributed by atoms with Crippen LogP contribution in [0.3, 0.4) is 0 Å². The number of ether oxygens (including phenoxy) is 1. The van der Waals surface area contributed by atoms with Crippen LogP contribution in [0.4, 0.5) is 8.78 Å². The van der Waals surface area contributed by atoms with Crippen molar-refractivity contribution in [1.29, 1.82) is 0 Å². The van der Waals surface area contributed by atoms with Crippen molar-refractivity contribution in [3.63, 3.8) is 0 Å². The topological polar surface area (TPSA) is 48.9 Å². The number of benzene rings is 1. The van der Waals surface area contributed by atoms with Gasteiger partial charge in [0.05, 0.1) is 6.54 Å². The number of likely N-dealkylation sites (tertiary alicyclic amines) is 1. The maximum absolute atomic E-state index is 12.6. The summed E-state index contributed by atoms with van der Waals surface area (Å²) in [7, 11) is 0. The van der Waals surface area contributed by atoms with E-state index in [1.807, 2.05) is 6.92 Å². The second-order valence-electron chi connectivity index (χ2n) is 6.51. The second kappa shape index (κ2) is 12.0. The Kier molecular flexibility index (Phi) is 9.62. The number of halogens is 3. The number of aliphatic imine (C=N–C) groups is 1. The zero-order valence-corrected chi connectivity index (χ0v) is 16.6. The van der Waals surface area contributed by atoms with E-state index in [0.29, 0.717) is 16.5 Å². The summed E-state index contributed by atoms with van der Waals surface area (Å²) in [5, 5.41) is 6.92. The minimum Gasteiger partial charge on any atom is -0.434 e. The van der Waals surface area contributed by atoms with E-state index in [2.05, 4.69) is 25.3 Å². The van der Waals surface area contributed by atoms with E-state index in [4.69, 9.17) is 11.6 Å². The molecule has 1 aromatic rings. The van der Waals surface area contributed by atoms with Gasteiger partial charge >= 0.3 is 6.61 Å². The SMILES string of the molecule is CCNC(=NCc1cc(Cl)ccc1OC(F)F)NCCCCN1CCCC1. The average Bonchev–Trinajstić information content (AvgIpc) is 3.14. The number of nitrogens with zero attached hydrogens (tertiary/aromatic N) is 2. The Bertz CT molecular complexity index is 595. The fourth-order valence-electron chi connectivity index (χ4n) is 3.06. The lowest BCUT2D eigenvalue weighted by molar-refractivity contribution is -0.0504. The summed E-state index contributed by atoms with van der Waals surface area (Å²) in [4.78, 5) is 6.97. The third kappa shape index (κ3) is 8.30. The predicted octanol–water partition coefficient (Wildman–Crippen LogP) is 3.87. The molecule has 27 heavy (non-hydrogen) atoms. The molecule has 0 aliphatic carbocycles. The third-order valence-electron chi connectivity index (χ3n) is 4.38. The number of alkyl halides is 2. The molecule has 1 aliphatic heterocycles. The lowest BCUT2D eigenvalue weighted by Gasteiger charge is -2.15. The Hall–Kier alpha value is -1.60. The number of nitrogens with one attached hydrogen (secondary N) is 2. The molecular formula is C19H29ClF2N4O. The molecule has 1 heterocycles. The largest absolute Gasteiger partial charge is 0.434 e. The normalized spacial score (nSPS) is 15.4. The lowest BCUT2D eigenvalue weighted by Crippen LogP contribution is -2.38. The van der Waals surface area contributed by atoms with Crippen LogP contribution in [0.15, 0.2) is 23.2 Å². The second-order valence-corrected chi connectivity index (χ2v) is 6.94. The summed E-state index contributed by atoms with van der Waals surface area (Å²) in [6, 6.07) is 4.57. The van der Waals surface area contributed by atoms with Gasteiger partial charge in [0.2, 0.25) is 0 Å². The Balaban J connectivity index is 1.84. The third-order valence-corrected chi connectivity index (χ3v) is 4.62. The Morgan fingerprint density at radius 1 is 1.26 bits per heavy atom. The van der Waals surface area contributed by atoms with Crippen LogP contribution in [0.1, 0.15) is 38.2 Å². The van der Waals surface area contributed by atoms with Crippen molar-refractivity contribution in [3.05, 3.63) is 28.8 Å². The lowest BCUT2D eigenvalue weighted by atomic mass is 10.2. The van der Waals surface area contributed by atoms with Gasteiger partial charge in [-0.05, 0) is 70.4 Å². The average molecular weight is 403 g/mol. The Labute approximate surface area is 165 Å². The summed E-state index contributed by atoms with van der Waals surface area (Å²) < 4.78 is 29.7. The van der Waals surface area contributed by atoms with Crippen molar-refractivity contribution in [2.24, 2.45) is 4.99 Å². The minimum atomic E-state index is -2.88. The molecule has 1 aromatic carbocycles. The van der Waals surface area contributed by atoms with E-state index in [1.165, 1.54) is 38.1 Å². The van der Waals surface area contributed by atoms with Crippen LogP contribution in [-0.4, -0.2) is 50.2 Å². The van der Waals surface area contributed by atoms with Gasteiger partial charge in [-0.1, -0.05) is 11.6 Å². The van der Waals surface area contributed by atoms with E-state index < -0.39 is 6.61 Å². The molecule has 2 N–H and O–H groups in total. The number of guanidine groups is 1. The van der Waals surface area contributed by atoms with Gasteiger partial charge < -0.3 is 20.3 Å². The molecule has 0 unspecified atom stereocenters. The standard InChI is InChI=1S/C19H29ClF2N4O/c1-2-23-19(24-9-3-4-10-26-11-5-6-12-26)25-14-15-13-16(20)7-8-17(15)27-18(21)22/h7-8,13,18H,2-6,9-12,14H2,1H3,(H2,23,24,25). The van der Waals surface area contributed by atoms with Gasteiger partial charge in [-0.3, -0.25) is 0 Å². The molecule has 1 fully saturated rings.